The number of benzene rings is 2. The highest BCUT2D eigenvalue weighted by Gasteiger charge is 2.27. The number of fused-ring (bicyclic) bond motifs is 1. The first kappa shape index (κ1) is 18.8. The Morgan fingerprint density at radius 2 is 1.88 bits per heavy atom. The second-order valence-corrected chi connectivity index (χ2v) is 7.13. The van der Waals surface area contributed by atoms with Crippen molar-refractivity contribution in [2.45, 2.75) is 24.3 Å². The Morgan fingerprint density at radius 3 is 2.56 bits per heavy atom. The lowest BCUT2D eigenvalue weighted by molar-refractivity contribution is -0.150. The first-order chi connectivity index (χ1) is 11.8. The molecule has 6 heteroatoms. The third-order valence-corrected chi connectivity index (χ3v) is 4.89. The fourth-order valence-electron chi connectivity index (χ4n) is 2.07. The Hall–Kier alpha value is -2.52. The standard InChI is InChI=1S/C19H20N2O3S/c1-19(2,13-20)21(3)17(22)11-24-18(23)12-25-16-9-8-14-6-4-5-7-15(14)10-16/h4-10H,11-12H2,1-3H3. The molecule has 0 aliphatic rings. The van der Waals surface area contributed by atoms with Crippen LogP contribution in [0, 0.1) is 11.3 Å². The molecule has 0 N–H and O–H groups in total. The summed E-state index contributed by atoms with van der Waals surface area (Å²) in [5, 5.41) is 11.3. The Bertz CT molecular complexity index is 827. The first-order valence-electron chi connectivity index (χ1n) is 7.78. The largest absolute Gasteiger partial charge is 0.455 e. The lowest BCUT2D eigenvalue weighted by Crippen LogP contribution is -2.45. The predicted octanol–water partition coefficient (Wildman–Crippen LogP) is 3.24. The van der Waals surface area contributed by atoms with E-state index in [0.717, 1.165) is 15.7 Å². The quantitative estimate of drug-likeness (QED) is 0.587. The molecule has 0 bridgehead atoms. The molecule has 0 saturated carbocycles. The molecule has 130 valence electrons. The number of hydrogen-bond donors (Lipinski definition) is 0. The second-order valence-electron chi connectivity index (χ2n) is 6.08. The number of carbonyl (C=O) groups excluding carboxylic acids is 2. The van der Waals surface area contributed by atoms with Gasteiger partial charge in [0.05, 0.1) is 11.8 Å². The lowest BCUT2D eigenvalue weighted by atomic mass is 10.1. The number of ether oxygens (including phenoxy) is 1. The molecule has 0 fully saturated rings. The predicted molar refractivity (Wildman–Crippen MR) is 98.1 cm³/mol. The lowest BCUT2D eigenvalue weighted by Gasteiger charge is -2.28. The van der Waals surface area contributed by atoms with Crippen LogP contribution >= 0.6 is 11.8 Å². The molecule has 0 aliphatic heterocycles. The molecule has 2 rings (SSSR count). The summed E-state index contributed by atoms with van der Waals surface area (Å²) < 4.78 is 5.01. The van der Waals surface area contributed by atoms with Gasteiger partial charge < -0.3 is 9.64 Å². The maximum absolute atomic E-state index is 12.0. The second kappa shape index (κ2) is 8.04. The van der Waals surface area contributed by atoms with Gasteiger partial charge in [-0.25, -0.2) is 0 Å². The first-order valence-corrected chi connectivity index (χ1v) is 8.77. The van der Waals surface area contributed by atoms with Gasteiger partial charge in [-0.1, -0.05) is 30.3 Å². The third kappa shape index (κ3) is 4.97. The van der Waals surface area contributed by atoms with Gasteiger partial charge in [-0.15, -0.1) is 11.8 Å². The summed E-state index contributed by atoms with van der Waals surface area (Å²) in [7, 11) is 1.52. The van der Waals surface area contributed by atoms with Crippen LogP contribution < -0.4 is 0 Å². The van der Waals surface area contributed by atoms with Gasteiger partial charge in [-0.3, -0.25) is 9.59 Å². The van der Waals surface area contributed by atoms with Crippen molar-refractivity contribution in [1.29, 1.82) is 5.26 Å². The van der Waals surface area contributed by atoms with E-state index in [9.17, 15) is 9.59 Å². The zero-order valence-corrected chi connectivity index (χ0v) is 15.3. The van der Waals surface area contributed by atoms with Crippen molar-refractivity contribution < 1.29 is 14.3 Å². The van der Waals surface area contributed by atoms with E-state index in [1.165, 1.54) is 23.7 Å². The highest BCUT2D eigenvalue weighted by Crippen LogP contribution is 2.23. The van der Waals surface area contributed by atoms with Gasteiger partial charge in [0, 0.05) is 11.9 Å². The minimum absolute atomic E-state index is 0.122. The molecule has 0 aliphatic carbocycles. The number of carbonyl (C=O) groups is 2. The summed E-state index contributed by atoms with van der Waals surface area (Å²) >= 11 is 1.36. The van der Waals surface area contributed by atoms with Gasteiger partial charge in [0.25, 0.3) is 5.91 Å². The number of thioether (sulfide) groups is 1. The van der Waals surface area contributed by atoms with Crippen molar-refractivity contribution in [3.8, 4) is 6.07 Å². The fourth-order valence-corrected chi connectivity index (χ4v) is 2.81. The van der Waals surface area contributed by atoms with Crippen LogP contribution in [0.4, 0.5) is 0 Å². The number of hydrogen-bond acceptors (Lipinski definition) is 5. The van der Waals surface area contributed by atoms with E-state index >= 15 is 0 Å². The van der Waals surface area contributed by atoms with Crippen molar-refractivity contribution in [1.82, 2.24) is 4.90 Å². The highest BCUT2D eigenvalue weighted by molar-refractivity contribution is 8.00. The normalized spacial score (nSPS) is 11.0. The van der Waals surface area contributed by atoms with Gasteiger partial charge >= 0.3 is 5.97 Å². The van der Waals surface area contributed by atoms with Crippen LogP contribution in [0.2, 0.25) is 0 Å². The maximum atomic E-state index is 12.0. The summed E-state index contributed by atoms with van der Waals surface area (Å²) in [5.41, 5.74) is -0.941. The van der Waals surface area contributed by atoms with Crippen LogP contribution in [-0.2, 0) is 14.3 Å². The van der Waals surface area contributed by atoms with Crippen LogP contribution in [0.3, 0.4) is 0 Å². The van der Waals surface area contributed by atoms with E-state index < -0.39 is 17.4 Å². The van der Waals surface area contributed by atoms with Gasteiger partial charge in [-0.2, -0.15) is 5.26 Å². The summed E-state index contributed by atoms with van der Waals surface area (Å²) in [6.45, 7) is 2.89. The van der Waals surface area contributed by atoms with Crippen LogP contribution in [0.1, 0.15) is 13.8 Å². The van der Waals surface area contributed by atoms with Crippen LogP contribution in [-0.4, -0.2) is 41.7 Å². The molecular weight excluding hydrogens is 336 g/mol. The van der Waals surface area contributed by atoms with Gasteiger partial charge in [0.15, 0.2) is 6.61 Å². The summed E-state index contributed by atoms with van der Waals surface area (Å²) in [4.78, 5) is 26.0. The van der Waals surface area contributed by atoms with Gasteiger partial charge in [0.2, 0.25) is 0 Å². The number of rotatable bonds is 6. The fraction of sp³-hybridized carbons (Fsp3) is 0.316. The third-order valence-electron chi connectivity index (χ3n) is 3.92. The Morgan fingerprint density at radius 1 is 1.20 bits per heavy atom. The molecule has 0 unspecified atom stereocenters. The average Bonchev–Trinajstić information content (AvgIpc) is 2.63. The zero-order chi connectivity index (χ0) is 18.4. The maximum Gasteiger partial charge on any atom is 0.316 e. The molecule has 0 spiro atoms. The molecule has 0 aromatic heterocycles. The zero-order valence-electron chi connectivity index (χ0n) is 14.5. The molecule has 0 radical (unpaired) electrons. The van der Waals surface area contributed by atoms with Crippen molar-refractivity contribution in [2.75, 3.05) is 19.4 Å². The minimum Gasteiger partial charge on any atom is -0.455 e. The molecule has 0 saturated heterocycles. The number of esters is 1. The number of nitriles is 1. The number of amides is 1. The number of likely N-dealkylation sites (N-methyl/N-ethyl adjacent to an activating group) is 1. The van der Waals surface area contributed by atoms with Gasteiger partial charge in [-0.05, 0) is 36.8 Å². The van der Waals surface area contributed by atoms with Crippen LogP contribution in [0.5, 0.6) is 0 Å². The monoisotopic (exact) mass is 356 g/mol. The smallest absolute Gasteiger partial charge is 0.316 e. The van der Waals surface area contributed by atoms with E-state index in [-0.39, 0.29) is 12.4 Å². The van der Waals surface area contributed by atoms with Crippen LogP contribution in [0.15, 0.2) is 47.4 Å². The van der Waals surface area contributed by atoms with Crippen molar-refractivity contribution in [2.24, 2.45) is 0 Å². The molecule has 5 nitrogen and oxygen atoms in total. The van der Waals surface area contributed by atoms with E-state index in [1.54, 1.807) is 13.8 Å². The molecule has 0 heterocycles. The van der Waals surface area contributed by atoms with E-state index in [4.69, 9.17) is 10.00 Å². The van der Waals surface area contributed by atoms with E-state index in [1.807, 2.05) is 48.5 Å². The molecule has 2 aromatic carbocycles. The molecule has 25 heavy (non-hydrogen) atoms. The minimum atomic E-state index is -0.941. The highest BCUT2D eigenvalue weighted by atomic mass is 32.2. The summed E-state index contributed by atoms with van der Waals surface area (Å²) in [6, 6.07) is 16.0. The average molecular weight is 356 g/mol. The molecule has 1 amide bonds. The molecule has 0 atom stereocenters. The summed E-state index contributed by atoms with van der Waals surface area (Å²) in [6.07, 6.45) is 0. The van der Waals surface area contributed by atoms with Crippen molar-refractivity contribution in [3.63, 3.8) is 0 Å². The SMILES string of the molecule is CN(C(=O)COC(=O)CSc1ccc2ccccc2c1)C(C)(C)C#N. The van der Waals surface area contributed by atoms with E-state index in [2.05, 4.69) is 0 Å². The topological polar surface area (TPSA) is 70.4 Å². The Labute approximate surface area is 151 Å². The Balaban J connectivity index is 1.84. The Kier molecular flexibility index (Phi) is 6.05. The molecular formula is C19H20N2O3S. The number of nitrogens with zero attached hydrogens (tertiary/aromatic N) is 2. The van der Waals surface area contributed by atoms with Crippen molar-refractivity contribution in [3.05, 3.63) is 42.5 Å². The van der Waals surface area contributed by atoms with Crippen LogP contribution in [0.25, 0.3) is 10.8 Å². The summed E-state index contributed by atoms with van der Waals surface area (Å²) in [5.74, 6) is -0.748. The molecule has 2 aromatic rings. The van der Waals surface area contributed by atoms with Gasteiger partial charge in [0.1, 0.15) is 5.54 Å². The van der Waals surface area contributed by atoms with E-state index in [0.29, 0.717) is 0 Å². The van der Waals surface area contributed by atoms with Crippen molar-refractivity contribution >= 4 is 34.4 Å².